The maximum Gasteiger partial charge on any atom is 0.321 e. The van der Waals surface area contributed by atoms with Crippen molar-refractivity contribution in [1.82, 2.24) is 4.90 Å². The molecule has 1 heterocycles. The minimum absolute atomic E-state index is 0.0101. The quantitative estimate of drug-likeness (QED) is 0.729. The Balaban J connectivity index is 1.70. The molecule has 1 aliphatic rings. The summed E-state index contributed by atoms with van der Waals surface area (Å²) >= 11 is 6.00. The van der Waals surface area contributed by atoms with Crippen molar-refractivity contribution in [3.8, 4) is 0 Å². The number of nitrogens with zero attached hydrogens (tertiary/aromatic N) is 1. The molecule has 1 saturated heterocycles. The summed E-state index contributed by atoms with van der Waals surface area (Å²) in [5, 5.41) is 3.81. The van der Waals surface area contributed by atoms with Crippen molar-refractivity contribution in [1.29, 1.82) is 0 Å². The zero-order valence-corrected chi connectivity index (χ0v) is 15.6. The number of hydrogen-bond acceptors (Lipinski definition) is 1. The number of likely N-dealkylation sites (tertiary alicyclic amines) is 1. The van der Waals surface area contributed by atoms with Crippen molar-refractivity contribution in [3.05, 3.63) is 64.2 Å². The number of nitrogens with one attached hydrogen (secondary N) is 1. The topological polar surface area (TPSA) is 32.3 Å². The Kier molecular flexibility index (Phi) is 5.64. The number of aryl methyl sites for hydroxylation is 2. The number of urea groups is 1. The Morgan fingerprint density at radius 2 is 1.84 bits per heavy atom. The minimum Gasteiger partial charge on any atom is -0.324 e. The second kappa shape index (κ2) is 7.92. The normalized spacial score (nSPS) is 17.9. The molecule has 132 valence electrons. The van der Waals surface area contributed by atoms with Crippen LogP contribution in [0.4, 0.5) is 10.5 Å². The van der Waals surface area contributed by atoms with Crippen molar-refractivity contribution < 1.29 is 4.79 Å². The van der Waals surface area contributed by atoms with Crippen molar-refractivity contribution in [2.75, 3.05) is 18.4 Å². The summed E-state index contributed by atoms with van der Waals surface area (Å²) in [6, 6.07) is 14.1. The van der Waals surface area contributed by atoms with Gasteiger partial charge in [0.2, 0.25) is 0 Å². The number of rotatable bonds is 2. The molecule has 3 nitrogen and oxygen atoms in total. The Bertz CT molecular complexity index is 742. The van der Waals surface area contributed by atoms with E-state index in [1.165, 1.54) is 16.7 Å². The Morgan fingerprint density at radius 1 is 1.08 bits per heavy atom. The van der Waals surface area contributed by atoms with E-state index in [0.29, 0.717) is 5.92 Å². The molecule has 2 aromatic rings. The minimum atomic E-state index is -0.0101. The average molecular weight is 357 g/mol. The van der Waals surface area contributed by atoms with Crippen LogP contribution in [0.25, 0.3) is 0 Å². The van der Waals surface area contributed by atoms with Gasteiger partial charge in [0, 0.05) is 29.7 Å². The lowest BCUT2D eigenvalue weighted by Crippen LogP contribution is -2.37. The number of halogens is 1. The molecule has 0 bridgehead atoms. The standard InChI is InChI=1S/C21H25ClN2O/c1-15-6-11-20(13-16(15)2)23-21(25)24-12-4-3-5-18(14-24)17-7-9-19(22)10-8-17/h6-11,13,18H,3-5,12,14H2,1-2H3,(H,23,25). The van der Waals surface area contributed by atoms with Crippen LogP contribution < -0.4 is 5.32 Å². The van der Waals surface area contributed by atoms with Gasteiger partial charge < -0.3 is 10.2 Å². The second-order valence-corrected chi connectivity index (χ2v) is 7.36. The highest BCUT2D eigenvalue weighted by Gasteiger charge is 2.23. The third-order valence-corrected chi connectivity index (χ3v) is 5.31. The van der Waals surface area contributed by atoms with E-state index in [9.17, 15) is 4.79 Å². The van der Waals surface area contributed by atoms with E-state index < -0.39 is 0 Å². The summed E-state index contributed by atoms with van der Waals surface area (Å²) in [5.41, 5.74) is 4.54. The van der Waals surface area contributed by atoms with E-state index in [2.05, 4.69) is 31.3 Å². The molecule has 4 heteroatoms. The summed E-state index contributed by atoms with van der Waals surface area (Å²) < 4.78 is 0. The van der Waals surface area contributed by atoms with Crippen molar-refractivity contribution >= 4 is 23.3 Å². The first-order chi connectivity index (χ1) is 12.0. The maximum atomic E-state index is 12.7. The molecule has 1 N–H and O–H groups in total. The fraction of sp³-hybridized carbons (Fsp3) is 0.381. The van der Waals surface area contributed by atoms with E-state index in [1.54, 1.807) is 0 Å². The largest absolute Gasteiger partial charge is 0.324 e. The van der Waals surface area contributed by atoms with Gasteiger partial charge in [-0.15, -0.1) is 0 Å². The smallest absolute Gasteiger partial charge is 0.321 e. The lowest BCUT2D eigenvalue weighted by molar-refractivity contribution is 0.211. The molecule has 0 spiro atoms. The molecule has 0 aromatic heterocycles. The molecule has 1 aliphatic heterocycles. The van der Waals surface area contributed by atoms with Gasteiger partial charge in [0.1, 0.15) is 0 Å². The average Bonchev–Trinajstić information content (AvgIpc) is 2.85. The van der Waals surface area contributed by atoms with Crippen molar-refractivity contribution in [2.24, 2.45) is 0 Å². The van der Waals surface area contributed by atoms with Crippen LogP contribution >= 0.6 is 11.6 Å². The van der Waals surface area contributed by atoms with Crippen LogP contribution in [0.5, 0.6) is 0 Å². The van der Waals surface area contributed by atoms with Crippen LogP contribution in [0.15, 0.2) is 42.5 Å². The first kappa shape index (κ1) is 17.8. The molecule has 0 radical (unpaired) electrons. The van der Waals surface area contributed by atoms with E-state index in [1.807, 2.05) is 35.2 Å². The van der Waals surface area contributed by atoms with Gasteiger partial charge in [0.25, 0.3) is 0 Å². The third kappa shape index (κ3) is 4.55. The highest BCUT2D eigenvalue weighted by atomic mass is 35.5. The van der Waals surface area contributed by atoms with E-state index in [0.717, 1.165) is 43.1 Å². The summed E-state index contributed by atoms with van der Waals surface area (Å²) in [6.07, 6.45) is 3.29. The Hall–Kier alpha value is -2.00. The highest BCUT2D eigenvalue weighted by Crippen LogP contribution is 2.28. The van der Waals surface area contributed by atoms with Gasteiger partial charge >= 0.3 is 6.03 Å². The zero-order chi connectivity index (χ0) is 17.8. The molecule has 1 atom stereocenters. The van der Waals surface area contributed by atoms with Crippen LogP contribution in [-0.2, 0) is 0 Å². The molecular weight excluding hydrogens is 332 g/mol. The number of hydrogen-bond donors (Lipinski definition) is 1. The number of carbonyl (C=O) groups is 1. The molecule has 0 saturated carbocycles. The van der Waals surface area contributed by atoms with Crippen LogP contribution in [0.3, 0.4) is 0 Å². The van der Waals surface area contributed by atoms with Crippen molar-refractivity contribution in [3.63, 3.8) is 0 Å². The highest BCUT2D eigenvalue weighted by molar-refractivity contribution is 6.30. The fourth-order valence-electron chi connectivity index (χ4n) is 3.36. The van der Waals surface area contributed by atoms with Crippen LogP contribution in [0, 0.1) is 13.8 Å². The van der Waals surface area contributed by atoms with Crippen LogP contribution in [0.1, 0.15) is 41.9 Å². The van der Waals surface area contributed by atoms with Gasteiger partial charge in [-0.1, -0.05) is 36.2 Å². The van der Waals surface area contributed by atoms with Gasteiger partial charge in [-0.25, -0.2) is 4.79 Å². The number of benzene rings is 2. The number of carbonyl (C=O) groups excluding carboxylic acids is 1. The Labute approximate surface area is 155 Å². The van der Waals surface area contributed by atoms with Crippen LogP contribution in [0.2, 0.25) is 5.02 Å². The first-order valence-corrected chi connectivity index (χ1v) is 9.29. The molecule has 0 aliphatic carbocycles. The lowest BCUT2D eigenvalue weighted by atomic mass is 9.94. The zero-order valence-electron chi connectivity index (χ0n) is 14.9. The molecule has 1 fully saturated rings. The van der Waals surface area contributed by atoms with Crippen LogP contribution in [-0.4, -0.2) is 24.0 Å². The summed E-state index contributed by atoms with van der Waals surface area (Å²) in [6.45, 7) is 5.69. The van der Waals surface area contributed by atoms with Gasteiger partial charge in [-0.3, -0.25) is 0 Å². The molecule has 3 rings (SSSR count). The molecule has 2 aromatic carbocycles. The number of amides is 2. The summed E-state index contributed by atoms with van der Waals surface area (Å²) in [7, 11) is 0. The van der Waals surface area contributed by atoms with Gasteiger partial charge in [0.15, 0.2) is 0 Å². The molecule has 25 heavy (non-hydrogen) atoms. The Morgan fingerprint density at radius 3 is 2.56 bits per heavy atom. The van der Waals surface area contributed by atoms with E-state index in [4.69, 9.17) is 11.6 Å². The SMILES string of the molecule is Cc1ccc(NC(=O)N2CCCCC(c3ccc(Cl)cc3)C2)cc1C. The second-order valence-electron chi connectivity index (χ2n) is 6.92. The molecular formula is C21H25ClN2O. The summed E-state index contributed by atoms with van der Waals surface area (Å²) in [4.78, 5) is 14.7. The predicted octanol–water partition coefficient (Wildman–Crippen LogP) is 5.76. The predicted molar refractivity (Wildman–Crippen MR) is 105 cm³/mol. The number of anilines is 1. The van der Waals surface area contributed by atoms with E-state index in [-0.39, 0.29) is 6.03 Å². The van der Waals surface area contributed by atoms with Crippen molar-refractivity contribution in [2.45, 2.75) is 39.0 Å². The summed E-state index contributed by atoms with van der Waals surface area (Å²) in [5.74, 6) is 0.366. The monoisotopic (exact) mass is 356 g/mol. The maximum absolute atomic E-state index is 12.7. The first-order valence-electron chi connectivity index (χ1n) is 8.91. The molecule has 2 amide bonds. The molecule has 1 unspecified atom stereocenters. The fourth-order valence-corrected chi connectivity index (χ4v) is 3.48. The van der Waals surface area contributed by atoms with Gasteiger partial charge in [-0.05, 0) is 67.6 Å². The third-order valence-electron chi connectivity index (χ3n) is 5.06. The van der Waals surface area contributed by atoms with Gasteiger partial charge in [0.05, 0.1) is 0 Å². The van der Waals surface area contributed by atoms with E-state index >= 15 is 0 Å². The van der Waals surface area contributed by atoms with Gasteiger partial charge in [-0.2, -0.15) is 0 Å². The lowest BCUT2D eigenvalue weighted by Gasteiger charge is -2.25.